The van der Waals surface area contributed by atoms with Crippen LogP contribution in [-0.2, 0) is 6.54 Å². The van der Waals surface area contributed by atoms with Crippen LogP contribution < -0.4 is 5.32 Å². The third-order valence-electron chi connectivity index (χ3n) is 2.96. The van der Waals surface area contributed by atoms with Gasteiger partial charge in [-0.15, -0.1) is 5.10 Å². The molecule has 0 radical (unpaired) electrons. The van der Waals surface area contributed by atoms with Gasteiger partial charge in [-0.25, -0.2) is 4.52 Å². The van der Waals surface area contributed by atoms with E-state index in [1.165, 1.54) is 0 Å². The molecule has 0 saturated heterocycles. The highest BCUT2D eigenvalue weighted by Gasteiger charge is 2.03. The van der Waals surface area contributed by atoms with Crippen molar-refractivity contribution in [3.05, 3.63) is 42.4 Å². The first kappa shape index (κ1) is 11.7. The summed E-state index contributed by atoms with van der Waals surface area (Å²) in [6.07, 6.45) is 4.74. The Morgan fingerprint density at radius 3 is 3.00 bits per heavy atom. The molecule has 0 aromatic carbocycles. The fourth-order valence-corrected chi connectivity index (χ4v) is 1.98. The number of fused-ring (bicyclic) bond motifs is 1. The first-order chi connectivity index (χ1) is 9.33. The zero-order valence-corrected chi connectivity index (χ0v) is 10.8. The van der Waals surface area contributed by atoms with E-state index in [-0.39, 0.29) is 0 Å². The minimum Gasteiger partial charge on any atom is -0.353 e. The molecule has 6 nitrogen and oxygen atoms in total. The normalized spacial score (nSPS) is 11.0. The van der Waals surface area contributed by atoms with Crippen molar-refractivity contribution in [3.8, 4) is 0 Å². The number of anilines is 1. The topological polar surface area (TPSA) is 60.0 Å². The highest BCUT2D eigenvalue weighted by Crippen LogP contribution is 2.07. The summed E-state index contributed by atoms with van der Waals surface area (Å²) in [7, 11) is 0. The summed E-state index contributed by atoms with van der Waals surface area (Å²) in [6.45, 7) is 3.74. The Morgan fingerprint density at radius 2 is 2.21 bits per heavy atom. The van der Waals surface area contributed by atoms with Gasteiger partial charge in [0.1, 0.15) is 0 Å². The number of hydrogen-bond donors (Lipinski definition) is 1. The van der Waals surface area contributed by atoms with Crippen LogP contribution >= 0.6 is 0 Å². The molecule has 98 valence electrons. The molecular formula is C13H16N6. The number of aryl methyl sites for hydroxylation is 2. The molecule has 0 spiro atoms. The molecule has 19 heavy (non-hydrogen) atoms. The van der Waals surface area contributed by atoms with E-state index >= 15 is 0 Å². The van der Waals surface area contributed by atoms with E-state index in [9.17, 15) is 0 Å². The van der Waals surface area contributed by atoms with Crippen LogP contribution in [0, 0.1) is 6.92 Å². The predicted molar refractivity (Wildman–Crippen MR) is 73.1 cm³/mol. The first-order valence-electron chi connectivity index (χ1n) is 6.36. The second kappa shape index (κ2) is 5.09. The molecule has 0 bridgehead atoms. The summed E-state index contributed by atoms with van der Waals surface area (Å²) >= 11 is 0. The van der Waals surface area contributed by atoms with Crippen molar-refractivity contribution in [2.24, 2.45) is 0 Å². The van der Waals surface area contributed by atoms with Gasteiger partial charge in [-0.1, -0.05) is 6.07 Å². The van der Waals surface area contributed by atoms with Gasteiger partial charge in [0.25, 0.3) is 0 Å². The van der Waals surface area contributed by atoms with E-state index in [1.54, 1.807) is 6.20 Å². The first-order valence-corrected chi connectivity index (χ1v) is 6.36. The molecular weight excluding hydrogens is 240 g/mol. The molecule has 6 heteroatoms. The van der Waals surface area contributed by atoms with Crippen LogP contribution in [0.15, 0.2) is 36.7 Å². The molecule has 0 fully saturated rings. The molecule has 0 atom stereocenters. The predicted octanol–water partition coefficient (Wildman–Crippen LogP) is 1.74. The maximum absolute atomic E-state index is 4.43. The van der Waals surface area contributed by atoms with Gasteiger partial charge in [-0.3, -0.25) is 4.68 Å². The molecule has 0 amide bonds. The Kier molecular flexibility index (Phi) is 3.14. The molecule has 0 aliphatic carbocycles. The van der Waals surface area contributed by atoms with Crippen LogP contribution in [0.25, 0.3) is 5.65 Å². The molecule has 3 aromatic heterocycles. The monoisotopic (exact) mass is 256 g/mol. The van der Waals surface area contributed by atoms with Gasteiger partial charge in [0, 0.05) is 31.2 Å². The van der Waals surface area contributed by atoms with Crippen molar-refractivity contribution in [1.82, 2.24) is 24.4 Å². The number of nitrogens with one attached hydrogen (secondary N) is 1. The lowest BCUT2D eigenvalue weighted by Crippen LogP contribution is -2.08. The largest absolute Gasteiger partial charge is 0.353 e. The zero-order valence-electron chi connectivity index (χ0n) is 10.8. The second-order valence-electron chi connectivity index (χ2n) is 4.42. The summed E-state index contributed by atoms with van der Waals surface area (Å²) in [4.78, 5) is 4.43. The smallest absolute Gasteiger partial charge is 0.243 e. The summed E-state index contributed by atoms with van der Waals surface area (Å²) in [5.41, 5.74) is 1.95. The van der Waals surface area contributed by atoms with E-state index in [0.717, 1.165) is 30.9 Å². The molecule has 0 aliphatic heterocycles. The Bertz CT molecular complexity index is 655. The second-order valence-corrected chi connectivity index (χ2v) is 4.42. The van der Waals surface area contributed by atoms with E-state index in [0.29, 0.717) is 5.95 Å². The Labute approximate surface area is 111 Å². The lowest BCUT2D eigenvalue weighted by atomic mass is 10.4. The van der Waals surface area contributed by atoms with Crippen LogP contribution in [0.2, 0.25) is 0 Å². The third-order valence-corrected chi connectivity index (χ3v) is 2.96. The zero-order chi connectivity index (χ0) is 13.1. The molecule has 0 aliphatic rings. The van der Waals surface area contributed by atoms with Crippen LogP contribution in [0.1, 0.15) is 12.1 Å². The quantitative estimate of drug-likeness (QED) is 0.706. The van der Waals surface area contributed by atoms with Gasteiger partial charge in [0.2, 0.25) is 5.95 Å². The fourth-order valence-electron chi connectivity index (χ4n) is 1.98. The van der Waals surface area contributed by atoms with Crippen LogP contribution in [0.5, 0.6) is 0 Å². The highest BCUT2D eigenvalue weighted by atomic mass is 15.4. The van der Waals surface area contributed by atoms with Gasteiger partial charge >= 0.3 is 0 Å². The lowest BCUT2D eigenvalue weighted by Gasteiger charge is -2.02. The minimum absolute atomic E-state index is 0.676. The van der Waals surface area contributed by atoms with Crippen molar-refractivity contribution in [1.29, 1.82) is 0 Å². The number of aromatic nitrogens is 5. The maximum Gasteiger partial charge on any atom is 0.243 e. The Morgan fingerprint density at radius 1 is 1.26 bits per heavy atom. The van der Waals surface area contributed by atoms with Crippen molar-refractivity contribution < 1.29 is 0 Å². The average molecular weight is 256 g/mol. The maximum atomic E-state index is 4.43. The summed E-state index contributed by atoms with van der Waals surface area (Å²) < 4.78 is 3.76. The van der Waals surface area contributed by atoms with Crippen molar-refractivity contribution in [2.75, 3.05) is 11.9 Å². The fraction of sp³-hybridized carbons (Fsp3) is 0.308. The standard InChI is InChI=1S/C13H16N6/c1-11-5-2-6-12-16-13(17-19(11)12)14-7-3-9-18-10-4-8-15-18/h2,4-6,8,10H,3,7,9H2,1H3,(H,14,17). The number of pyridine rings is 1. The van der Waals surface area contributed by atoms with Crippen LogP contribution in [0.4, 0.5) is 5.95 Å². The third kappa shape index (κ3) is 2.57. The summed E-state index contributed by atoms with van der Waals surface area (Å²) in [5, 5.41) is 11.8. The number of hydrogen-bond acceptors (Lipinski definition) is 4. The highest BCUT2D eigenvalue weighted by molar-refractivity contribution is 5.44. The number of nitrogens with zero attached hydrogens (tertiary/aromatic N) is 5. The van der Waals surface area contributed by atoms with E-state index < -0.39 is 0 Å². The Hall–Kier alpha value is -2.37. The van der Waals surface area contributed by atoms with Gasteiger partial charge in [-0.05, 0) is 31.5 Å². The minimum atomic E-state index is 0.676. The van der Waals surface area contributed by atoms with E-state index in [1.807, 2.05) is 46.6 Å². The average Bonchev–Trinajstić information content (AvgIpc) is 3.04. The van der Waals surface area contributed by atoms with E-state index in [2.05, 4.69) is 20.5 Å². The van der Waals surface area contributed by atoms with Crippen molar-refractivity contribution >= 4 is 11.6 Å². The van der Waals surface area contributed by atoms with Crippen LogP contribution in [-0.4, -0.2) is 30.9 Å². The van der Waals surface area contributed by atoms with Gasteiger partial charge in [0.15, 0.2) is 5.65 Å². The SMILES string of the molecule is Cc1cccc2nc(NCCCn3cccn3)nn12. The summed E-state index contributed by atoms with van der Waals surface area (Å²) in [5.74, 6) is 0.676. The van der Waals surface area contributed by atoms with Gasteiger partial charge in [0.05, 0.1) is 0 Å². The van der Waals surface area contributed by atoms with Gasteiger partial charge < -0.3 is 5.32 Å². The summed E-state index contributed by atoms with van der Waals surface area (Å²) in [6, 6.07) is 7.89. The van der Waals surface area contributed by atoms with Crippen LogP contribution in [0.3, 0.4) is 0 Å². The Balaban J connectivity index is 1.58. The molecule has 0 saturated carbocycles. The molecule has 3 rings (SSSR count). The van der Waals surface area contributed by atoms with E-state index in [4.69, 9.17) is 0 Å². The lowest BCUT2D eigenvalue weighted by molar-refractivity contribution is 0.591. The van der Waals surface area contributed by atoms with Gasteiger partial charge in [-0.2, -0.15) is 10.1 Å². The molecule has 3 heterocycles. The van der Waals surface area contributed by atoms with Crippen molar-refractivity contribution in [3.63, 3.8) is 0 Å². The molecule has 3 aromatic rings. The molecule has 0 unspecified atom stereocenters. The number of rotatable bonds is 5. The molecule has 1 N–H and O–H groups in total. The van der Waals surface area contributed by atoms with Crippen molar-refractivity contribution in [2.45, 2.75) is 19.9 Å².